The van der Waals surface area contributed by atoms with Crippen molar-refractivity contribution in [2.24, 2.45) is 0 Å². The maximum Gasteiger partial charge on any atom is 0.227 e. The van der Waals surface area contributed by atoms with Crippen molar-refractivity contribution in [1.82, 2.24) is 14.8 Å². The summed E-state index contributed by atoms with van der Waals surface area (Å²) in [6.45, 7) is 6.18. The Morgan fingerprint density at radius 1 is 1.05 bits per heavy atom. The van der Waals surface area contributed by atoms with Gasteiger partial charge in [0, 0.05) is 27.1 Å². The molecule has 0 spiro atoms. The molecule has 0 aliphatic carbocycles. The summed E-state index contributed by atoms with van der Waals surface area (Å²) < 4.78 is 13.8. The molecule has 0 saturated carbocycles. The first-order valence-corrected chi connectivity index (χ1v) is 14.5. The van der Waals surface area contributed by atoms with Crippen LogP contribution in [0.2, 0.25) is 10.0 Å². The van der Waals surface area contributed by atoms with Crippen molar-refractivity contribution >= 4 is 46.7 Å². The summed E-state index contributed by atoms with van der Waals surface area (Å²) in [7, 11) is 0. The third kappa shape index (κ3) is 6.14. The van der Waals surface area contributed by atoms with Crippen LogP contribution in [0.3, 0.4) is 0 Å². The Morgan fingerprint density at radius 2 is 1.82 bits per heavy atom. The number of thioether (sulfide) groups is 1. The van der Waals surface area contributed by atoms with Crippen LogP contribution >= 0.6 is 35.0 Å². The van der Waals surface area contributed by atoms with Gasteiger partial charge in [0.1, 0.15) is 12.6 Å². The van der Waals surface area contributed by atoms with E-state index < -0.39 is 6.04 Å². The zero-order chi connectivity index (χ0) is 28.2. The summed E-state index contributed by atoms with van der Waals surface area (Å²) in [4.78, 5) is 17.6. The molecule has 2 heterocycles. The lowest BCUT2D eigenvalue weighted by Gasteiger charge is -2.28. The lowest BCUT2D eigenvalue weighted by molar-refractivity contribution is -0.114. The number of nitrogens with zero attached hydrogens (tertiary/aromatic N) is 3. The molecule has 1 aliphatic rings. The molecule has 0 radical (unpaired) electrons. The molecular weight excluding hydrogens is 567 g/mol. The van der Waals surface area contributed by atoms with Gasteiger partial charge in [0.2, 0.25) is 11.1 Å². The quantitative estimate of drug-likeness (QED) is 0.188. The Kier molecular flexibility index (Phi) is 8.69. The normalized spacial score (nSPS) is 14.5. The maximum absolute atomic E-state index is 12.9. The van der Waals surface area contributed by atoms with Gasteiger partial charge in [-0.3, -0.25) is 4.79 Å². The second-order valence-corrected chi connectivity index (χ2v) is 11.0. The van der Waals surface area contributed by atoms with Crippen molar-refractivity contribution < 1.29 is 14.3 Å². The van der Waals surface area contributed by atoms with Crippen LogP contribution in [0.25, 0.3) is 0 Å². The van der Waals surface area contributed by atoms with Gasteiger partial charge in [-0.2, -0.15) is 4.98 Å². The fraction of sp³-hybridized carbons (Fsp3) is 0.233. The molecule has 7 nitrogen and oxygen atoms in total. The summed E-state index contributed by atoms with van der Waals surface area (Å²) in [5.74, 6) is 2.32. The van der Waals surface area contributed by atoms with Crippen molar-refractivity contribution in [2.45, 2.75) is 44.3 Å². The number of nitrogens with one attached hydrogen (secondary N) is 1. The highest BCUT2D eigenvalue weighted by atomic mass is 35.5. The van der Waals surface area contributed by atoms with E-state index in [1.54, 1.807) is 11.6 Å². The summed E-state index contributed by atoms with van der Waals surface area (Å²) in [6, 6.07) is 20.5. The fourth-order valence-corrected chi connectivity index (χ4v) is 5.78. The van der Waals surface area contributed by atoms with Crippen molar-refractivity contribution in [1.29, 1.82) is 0 Å². The Balaban J connectivity index is 1.46. The van der Waals surface area contributed by atoms with Crippen molar-refractivity contribution in [3.8, 4) is 11.5 Å². The van der Waals surface area contributed by atoms with E-state index in [2.05, 4.69) is 5.32 Å². The second kappa shape index (κ2) is 12.4. The van der Waals surface area contributed by atoms with Crippen LogP contribution < -0.4 is 14.8 Å². The number of hydrogen-bond acceptors (Lipinski definition) is 7. The van der Waals surface area contributed by atoms with Crippen molar-refractivity contribution in [2.75, 3.05) is 11.9 Å². The van der Waals surface area contributed by atoms with Gasteiger partial charge in [0.05, 0.1) is 6.61 Å². The highest BCUT2D eigenvalue weighted by molar-refractivity contribution is 7.98. The van der Waals surface area contributed by atoms with E-state index in [1.807, 2.05) is 80.6 Å². The molecule has 1 atom stereocenters. The smallest absolute Gasteiger partial charge is 0.227 e. The van der Waals surface area contributed by atoms with E-state index in [1.165, 1.54) is 11.8 Å². The Hall–Kier alpha value is -3.46. The molecule has 206 valence electrons. The monoisotopic (exact) mass is 594 g/mol. The zero-order valence-electron chi connectivity index (χ0n) is 22.3. The number of fused-ring (bicyclic) bond motifs is 1. The van der Waals surface area contributed by atoms with Crippen LogP contribution in [0.15, 0.2) is 83.2 Å². The van der Waals surface area contributed by atoms with Crippen molar-refractivity contribution in [3.05, 3.63) is 105 Å². The highest BCUT2D eigenvalue weighted by Gasteiger charge is 2.33. The molecule has 4 aromatic rings. The lowest BCUT2D eigenvalue weighted by Crippen LogP contribution is -2.27. The van der Waals surface area contributed by atoms with Gasteiger partial charge in [0.25, 0.3) is 0 Å². The van der Waals surface area contributed by atoms with Gasteiger partial charge in [0.15, 0.2) is 17.3 Å². The molecule has 5 rings (SSSR count). The molecule has 0 bridgehead atoms. The molecule has 1 unspecified atom stereocenters. The number of carbonyl (C=O) groups excluding carboxylic acids is 1. The van der Waals surface area contributed by atoms with Crippen LogP contribution in [0.5, 0.6) is 11.5 Å². The Labute approximate surface area is 247 Å². The Bertz CT molecular complexity index is 1570. The molecule has 40 heavy (non-hydrogen) atoms. The lowest BCUT2D eigenvalue weighted by atomic mass is 9.93. The first kappa shape index (κ1) is 28.1. The number of halogens is 2. The fourth-order valence-electron chi connectivity index (χ4n) is 4.54. The number of carbonyl (C=O) groups is 1. The average molecular weight is 596 g/mol. The summed E-state index contributed by atoms with van der Waals surface area (Å²) in [5.41, 5.74) is 4.17. The molecule has 1 N–H and O–H groups in total. The maximum atomic E-state index is 12.9. The number of Topliss-reactive ketones (excluding diaryl/α,β-unsaturated/α-hetero) is 1. The predicted octanol–water partition coefficient (Wildman–Crippen LogP) is 7.73. The van der Waals surface area contributed by atoms with Crippen LogP contribution in [-0.2, 0) is 17.2 Å². The number of aromatic nitrogens is 3. The van der Waals surface area contributed by atoms with Gasteiger partial charge < -0.3 is 14.8 Å². The van der Waals surface area contributed by atoms with Crippen LogP contribution in [0, 0.1) is 0 Å². The molecule has 0 fully saturated rings. The third-order valence-electron chi connectivity index (χ3n) is 6.42. The molecular formula is C30H28Cl2N4O3S. The van der Waals surface area contributed by atoms with E-state index in [0.29, 0.717) is 57.2 Å². The highest BCUT2D eigenvalue weighted by Crippen LogP contribution is 2.40. The number of allylic oxidation sites excluding steroid dienone is 2. The van der Waals surface area contributed by atoms with Gasteiger partial charge in [-0.15, -0.1) is 5.10 Å². The van der Waals surface area contributed by atoms with Gasteiger partial charge in [-0.25, -0.2) is 4.68 Å². The SMILES string of the molecule is CCOc1cc(C2C(C(C)=O)=C(C)Nc3nc(SCc4ccccc4Cl)nn32)ccc1OCc1ccc(Cl)cc1. The molecule has 0 saturated heterocycles. The van der Waals surface area contributed by atoms with Crippen LogP contribution in [0.1, 0.15) is 43.5 Å². The first-order valence-electron chi connectivity index (χ1n) is 12.8. The van der Waals surface area contributed by atoms with E-state index in [-0.39, 0.29) is 5.78 Å². The summed E-state index contributed by atoms with van der Waals surface area (Å²) in [5, 5.41) is 10.0. The van der Waals surface area contributed by atoms with E-state index in [9.17, 15) is 4.79 Å². The molecule has 1 aromatic heterocycles. The number of rotatable bonds is 10. The van der Waals surface area contributed by atoms with Gasteiger partial charge in [-0.05, 0) is 67.8 Å². The van der Waals surface area contributed by atoms with Gasteiger partial charge in [-0.1, -0.05) is 71.4 Å². The predicted molar refractivity (Wildman–Crippen MR) is 160 cm³/mol. The topological polar surface area (TPSA) is 78.3 Å². The molecule has 10 heteroatoms. The van der Waals surface area contributed by atoms with E-state index in [0.717, 1.165) is 22.4 Å². The molecule has 1 aliphatic heterocycles. The Morgan fingerprint density at radius 3 is 2.55 bits per heavy atom. The number of ether oxygens (including phenoxy) is 2. The first-order chi connectivity index (χ1) is 19.3. The zero-order valence-corrected chi connectivity index (χ0v) is 24.6. The van der Waals surface area contributed by atoms with Gasteiger partial charge >= 0.3 is 0 Å². The standard InChI is InChI=1S/C30H28Cl2N4O3S/c1-4-38-26-15-21(11-14-25(26)39-16-20-9-12-23(31)13-10-20)28-27(19(3)37)18(2)33-29-34-30(35-36(28)29)40-17-22-7-5-6-8-24(22)32/h5-15,28H,4,16-17H2,1-3H3,(H,33,34,35). The minimum absolute atomic E-state index is 0.0533. The number of anilines is 1. The summed E-state index contributed by atoms with van der Waals surface area (Å²) >= 11 is 13.8. The largest absolute Gasteiger partial charge is 0.490 e. The second-order valence-electron chi connectivity index (χ2n) is 9.22. The number of benzene rings is 3. The molecule has 0 amide bonds. The minimum atomic E-state index is -0.486. The van der Waals surface area contributed by atoms with E-state index in [4.69, 9.17) is 42.8 Å². The van der Waals surface area contributed by atoms with E-state index >= 15 is 0 Å². The third-order valence-corrected chi connectivity index (χ3v) is 7.93. The number of hydrogen-bond donors (Lipinski definition) is 1. The summed E-state index contributed by atoms with van der Waals surface area (Å²) in [6.07, 6.45) is 0. The van der Waals surface area contributed by atoms with Crippen LogP contribution in [0.4, 0.5) is 5.95 Å². The minimum Gasteiger partial charge on any atom is -0.490 e. The van der Waals surface area contributed by atoms with Crippen LogP contribution in [-0.4, -0.2) is 27.2 Å². The van der Waals surface area contributed by atoms with Crippen molar-refractivity contribution in [3.63, 3.8) is 0 Å². The number of ketones is 1. The molecule has 3 aromatic carbocycles. The average Bonchev–Trinajstić information content (AvgIpc) is 3.34.